The van der Waals surface area contributed by atoms with Gasteiger partial charge in [0.25, 0.3) is 5.91 Å². The van der Waals surface area contributed by atoms with Gasteiger partial charge in [-0.15, -0.1) is 11.3 Å². The van der Waals surface area contributed by atoms with E-state index in [-0.39, 0.29) is 4.90 Å². The summed E-state index contributed by atoms with van der Waals surface area (Å²) in [6.45, 7) is 5.83. The molecule has 0 aliphatic heterocycles. The Morgan fingerprint density at radius 1 is 1.06 bits per heavy atom. The summed E-state index contributed by atoms with van der Waals surface area (Å²) in [5, 5.41) is 5.15. The number of hydrogen-bond donors (Lipinski definition) is 1. The van der Waals surface area contributed by atoms with Crippen LogP contribution in [-0.4, -0.2) is 37.2 Å². The first-order valence-corrected chi connectivity index (χ1v) is 13.3. The lowest BCUT2D eigenvalue weighted by atomic mass is 10.1. The lowest BCUT2D eigenvalue weighted by Gasteiger charge is -2.10. The molecule has 0 radical (unpaired) electrons. The molecule has 0 fully saturated rings. The third kappa shape index (κ3) is 4.62. The molecule has 2 aromatic heterocycles. The molecule has 4 aromatic rings. The number of carbonyl (C=O) groups excluding carboxylic acids is 1. The van der Waals surface area contributed by atoms with Crippen LogP contribution in [-0.2, 0) is 9.84 Å². The molecule has 176 valence electrons. The zero-order valence-corrected chi connectivity index (χ0v) is 21.2. The first kappa shape index (κ1) is 23.7. The maximum absolute atomic E-state index is 12.9. The number of nitrogens with zero attached hydrogens (tertiary/aromatic N) is 2. The third-order valence-electron chi connectivity index (χ3n) is 5.64. The van der Waals surface area contributed by atoms with Crippen LogP contribution in [0.25, 0.3) is 16.9 Å². The van der Waals surface area contributed by atoms with Crippen molar-refractivity contribution in [3.05, 3.63) is 76.4 Å². The molecule has 2 aromatic carbocycles. The predicted octanol–water partition coefficient (Wildman–Crippen LogP) is 5.19. The molecule has 7 nitrogen and oxygen atoms in total. The van der Waals surface area contributed by atoms with E-state index in [9.17, 15) is 13.2 Å². The molecule has 0 unspecified atom stereocenters. The molecule has 0 spiro atoms. The van der Waals surface area contributed by atoms with Crippen molar-refractivity contribution in [3.8, 4) is 22.7 Å². The standard InChI is InChI=1S/C25H25N3O4S2/c1-15-6-11-20(34(5,30)31)13-21(15)24(29)27-25-26-23(14-33-25)22-12-16(2)28(17(22)3)18-7-9-19(32-4)10-8-18/h6-14H,1-5H3,(H,26,27,29). The summed E-state index contributed by atoms with van der Waals surface area (Å²) in [7, 11) is -1.78. The second-order valence-corrected chi connectivity index (χ2v) is 10.9. The first-order valence-electron chi connectivity index (χ1n) is 10.5. The molecule has 34 heavy (non-hydrogen) atoms. The number of aryl methyl sites for hydroxylation is 2. The highest BCUT2D eigenvalue weighted by Gasteiger charge is 2.18. The van der Waals surface area contributed by atoms with E-state index in [1.54, 1.807) is 20.1 Å². The molecular weight excluding hydrogens is 470 g/mol. The number of methoxy groups -OCH3 is 1. The molecule has 0 saturated carbocycles. The van der Waals surface area contributed by atoms with Gasteiger partial charge in [0, 0.05) is 39.8 Å². The maximum Gasteiger partial charge on any atom is 0.257 e. The van der Waals surface area contributed by atoms with Gasteiger partial charge in [-0.1, -0.05) is 6.07 Å². The molecule has 0 atom stereocenters. The fraction of sp³-hybridized carbons (Fsp3) is 0.200. The van der Waals surface area contributed by atoms with Crippen LogP contribution in [0.4, 0.5) is 5.13 Å². The quantitative estimate of drug-likeness (QED) is 0.398. The van der Waals surface area contributed by atoms with E-state index < -0.39 is 15.7 Å². The van der Waals surface area contributed by atoms with Crippen LogP contribution in [0.15, 0.2) is 58.8 Å². The van der Waals surface area contributed by atoms with Crippen LogP contribution in [0.2, 0.25) is 0 Å². The van der Waals surface area contributed by atoms with Gasteiger partial charge in [-0.05, 0) is 68.8 Å². The highest BCUT2D eigenvalue weighted by Crippen LogP contribution is 2.32. The largest absolute Gasteiger partial charge is 0.497 e. The summed E-state index contributed by atoms with van der Waals surface area (Å²) < 4.78 is 31.2. The minimum absolute atomic E-state index is 0.106. The Balaban J connectivity index is 1.60. The number of anilines is 1. The number of thiazole rings is 1. The predicted molar refractivity (Wildman–Crippen MR) is 135 cm³/mol. The van der Waals surface area contributed by atoms with Crippen molar-refractivity contribution in [2.45, 2.75) is 25.7 Å². The average Bonchev–Trinajstić information content (AvgIpc) is 3.36. The van der Waals surface area contributed by atoms with Crippen molar-refractivity contribution < 1.29 is 17.9 Å². The Hall–Kier alpha value is -3.43. The summed E-state index contributed by atoms with van der Waals surface area (Å²) in [4.78, 5) is 17.6. The van der Waals surface area contributed by atoms with Gasteiger partial charge < -0.3 is 9.30 Å². The number of rotatable bonds is 6. The molecule has 1 amide bonds. The smallest absolute Gasteiger partial charge is 0.257 e. The van der Waals surface area contributed by atoms with E-state index in [0.29, 0.717) is 16.3 Å². The Morgan fingerprint density at radius 2 is 1.76 bits per heavy atom. The van der Waals surface area contributed by atoms with Crippen LogP contribution in [0.1, 0.15) is 27.3 Å². The second-order valence-electron chi connectivity index (χ2n) is 8.06. The molecular formula is C25H25N3O4S2. The average molecular weight is 496 g/mol. The highest BCUT2D eigenvalue weighted by atomic mass is 32.2. The Bertz CT molecular complexity index is 1480. The molecule has 1 N–H and O–H groups in total. The van der Waals surface area contributed by atoms with Crippen molar-refractivity contribution in [1.82, 2.24) is 9.55 Å². The summed E-state index contributed by atoms with van der Waals surface area (Å²) in [5.74, 6) is 0.399. The number of benzene rings is 2. The van der Waals surface area contributed by atoms with E-state index in [2.05, 4.69) is 20.9 Å². The maximum atomic E-state index is 12.9. The number of ether oxygens (including phenoxy) is 1. The van der Waals surface area contributed by atoms with Gasteiger partial charge in [-0.2, -0.15) is 0 Å². The van der Waals surface area contributed by atoms with Crippen molar-refractivity contribution in [1.29, 1.82) is 0 Å². The van der Waals surface area contributed by atoms with Gasteiger partial charge in [0.2, 0.25) is 0 Å². The molecule has 9 heteroatoms. The fourth-order valence-electron chi connectivity index (χ4n) is 3.85. The van der Waals surface area contributed by atoms with Crippen LogP contribution in [0.5, 0.6) is 5.75 Å². The normalized spacial score (nSPS) is 11.4. The zero-order valence-electron chi connectivity index (χ0n) is 19.5. The summed E-state index contributed by atoms with van der Waals surface area (Å²) in [6.07, 6.45) is 1.12. The number of amides is 1. The van der Waals surface area contributed by atoms with E-state index >= 15 is 0 Å². The van der Waals surface area contributed by atoms with Crippen LogP contribution >= 0.6 is 11.3 Å². The van der Waals surface area contributed by atoms with E-state index in [4.69, 9.17) is 4.74 Å². The lowest BCUT2D eigenvalue weighted by molar-refractivity contribution is 0.102. The van der Waals surface area contributed by atoms with Crippen LogP contribution in [0.3, 0.4) is 0 Å². The summed E-state index contributed by atoms with van der Waals surface area (Å²) in [6, 6.07) is 14.5. The van der Waals surface area contributed by atoms with E-state index in [1.807, 2.05) is 43.5 Å². The molecule has 2 heterocycles. The second kappa shape index (κ2) is 9.08. The summed E-state index contributed by atoms with van der Waals surface area (Å²) in [5.41, 5.74) is 5.83. The first-order chi connectivity index (χ1) is 16.1. The lowest BCUT2D eigenvalue weighted by Crippen LogP contribution is -2.14. The summed E-state index contributed by atoms with van der Waals surface area (Å²) >= 11 is 1.32. The Labute approximate surface area is 203 Å². The Kier molecular flexibility index (Phi) is 6.33. The molecule has 4 rings (SSSR count). The highest BCUT2D eigenvalue weighted by molar-refractivity contribution is 7.90. The minimum Gasteiger partial charge on any atom is -0.497 e. The van der Waals surface area contributed by atoms with Gasteiger partial charge in [0.1, 0.15) is 5.75 Å². The van der Waals surface area contributed by atoms with Crippen molar-refractivity contribution >= 4 is 32.2 Å². The minimum atomic E-state index is -3.42. The van der Waals surface area contributed by atoms with Crippen molar-refractivity contribution in [2.24, 2.45) is 0 Å². The van der Waals surface area contributed by atoms with E-state index in [0.717, 1.165) is 40.3 Å². The molecule has 0 aliphatic carbocycles. The van der Waals surface area contributed by atoms with Gasteiger partial charge in [0.05, 0.1) is 17.7 Å². The SMILES string of the molecule is COc1ccc(-n2c(C)cc(-c3csc(NC(=O)c4cc(S(C)(=O)=O)ccc4C)n3)c2C)cc1. The number of nitrogens with one attached hydrogen (secondary N) is 1. The van der Waals surface area contributed by atoms with Gasteiger partial charge in [-0.25, -0.2) is 13.4 Å². The van der Waals surface area contributed by atoms with Crippen LogP contribution in [0, 0.1) is 20.8 Å². The van der Waals surface area contributed by atoms with Crippen molar-refractivity contribution in [2.75, 3.05) is 18.7 Å². The molecule has 0 aliphatic rings. The van der Waals surface area contributed by atoms with Crippen molar-refractivity contribution in [3.63, 3.8) is 0 Å². The molecule has 0 bridgehead atoms. The monoisotopic (exact) mass is 495 g/mol. The topological polar surface area (TPSA) is 90.3 Å². The number of carbonyl (C=O) groups is 1. The van der Waals surface area contributed by atoms with Crippen LogP contribution < -0.4 is 10.1 Å². The van der Waals surface area contributed by atoms with E-state index in [1.165, 1.54) is 23.5 Å². The number of hydrogen-bond acceptors (Lipinski definition) is 6. The van der Waals surface area contributed by atoms with Gasteiger partial charge in [0.15, 0.2) is 15.0 Å². The third-order valence-corrected chi connectivity index (χ3v) is 7.51. The number of aromatic nitrogens is 2. The van der Waals surface area contributed by atoms with Gasteiger partial charge in [-0.3, -0.25) is 10.1 Å². The zero-order chi connectivity index (χ0) is 24.6. The number of sulfone groups is 1. The van der Waals surface area contributed by atoms with Gasteiger partial charge >= 0.3 is 0 Å². The fourth-order valence-corrected chi connectivity index (χ4v) is 5.20. The molecule has 0 saturated heterocycles. The Morgan fingerprint density at radius 3 is 2.41 bits per heavy atom.